The zero-order chi connectivity index (χ0) is 24.6. The Labute approximate surface area is 202 Å². The second-order valence-electron chi connectivity index (χ2n) is 7.72. The summed E-state index contributed by atoms with van der Waals surface area (Å²) in [6.07, 6.45) is -4.37. The second-order valence-corrected chi connectivity index (χ2v) is 7.72. The van der Waals surface area contributed by atoms with Crippen LogP contribution in [-0.4, -0.2) is 56.2 Å². The van der Waals surface area contributed by atoms with Gasteiger partial charge in [0.1, 0.15) is 0 Å². The van der Waals surface area contributed by atoms with Crippen LogP contribution in [0.5, 0.6) is 0 Å². The van der Waals surface area contributed by atoms with E-state index in [-0.39, 0.29) is 6.61 Å². The minimum absolute atomic E-state index is 0.183. The van der Waals surface area contributed by atoms with Crippen molar-refractivity contribution in [1.82, 2.24) is 0 Å². The van der Waals surface area contributed by atoms with E-state index >= 15 is 0 Å². The molecule has 0 aromatic heterocycles. The lowest BCUT2D eigenvalue weighted by Gasteiger charge is -2.39. The largest absolute Gasteiger partial charge is 0.452 e. The van der Waals surface area contributed by atoms with Crippen LogP contribution in [0.4, 0.5) is 0 Å². The van der Waals surface area contributed by atoms with Gasteiger partial charge in [-0.15, -0.1) is 0 Å². The van der Waals surface area contributed by atoms with Crippen molar-refractivity contribution in [1.29, 1.82) is 0 Å². The summed E-state index contributed by atoms with van der Waals surface area (Å²) in [5.41, 5.74) is 0.952. The molecular weight excluding hydrogens is 452 g/mol. The number of hydrogen-bond donors (Lipinski definition) is 0. The third kappa shape index (κ3) is 5.92. The van der Waals surface area contributed by atoms with Crippen molar-refractivity contribution in [3.05, 3.63) is 108 Å². The number of benzene rings is 3. The number of carbonyl (C=O) groups is 3. The predicted octanol–water partition coefficient (Wildman–Crippen LogP) is 3.67. The molecule has 180 valence electrons. The molecule has 0 N–H and O–H groups in total. The minimum Gasteiger partial charge on any atom is -0.452 e. The number of rotatable bonds is 7. The van der Waals surface area contributed by atoms with Crippen LogP contribution in [0, 0.1) is 0 Å². The van der Waals surface area contributed by atoms with Gasteiger partial charge in [0.15, 0.2) is 18.3 Å². The molecule has 4 rings (SSSR count). The second kappa shape index (κ2) is 11.4. The third-order valence-corrected chi connectivity index (χ3v) is 5.41. The highest BCUT2D eigenvalue weighted by Gasteiger charge is 2.47. The third-order valence-electron chi connectivity index (χ3n) is 5.41. The summed E-state index contributed by atoms with van der Waals surface area (Å²) in [4.78, 5) is 38.2. The highest BCUT2D eigenvalue weighted by molar-refractivity contribution is 5.91. The molecule has 1 fully saturated rings. The van der Waals surface area contributed by atoms with Crippen molar-refractivity contribution < 1.29 is 38.1 Å². The SMILES string of the molecule is COC1C(OC(=O)c2ccccc2)OCC(OC(=O)c2ccccc2)C1OC(=O)c1ccccc1. The molecule has 1 heterocycles. The molecule has 1 aliphatic rings. The standard InChI is InChI=1S/C27H24O8/c1-31-23-22(34-25(29)19-13-7-3-8-14-19)21(33-24(28)18-11-5-2-6-12-18)17-32-27(23)35-26(30)20-15-9-4-10-16-20/h2-16,21-23,27H,17H2,1H3. The van der Waals surface area contributed by atoms with Gasteiger partial charge in [0.2, 0.25) is 6.29 Å². The highest BCUT2D eigenvalue weighted by atomic mass is 16.7. The number of hydrogen-bond acceptors (Lipinski definition) is 8. The van der Waals surface area contributed by atoms with E-state index in [9.17, 15) is 14.4 Å². The lowest BCUT2D eigenvalue weighted by atomic mass is 10.0. The molecule has 8 nitrogen and oxygen atoms in total. The van der Waals surface area contributed by atoms with E-state index < -0.39 is 42.5 Å². The molecule has 35 heavy (non-hydrogen) atoms. The van der Waals surface area contributed by atoms with E-state index in [0.717, 1.165) is 0 Å². The Kier molecular flexibility index (Phi) is 7.87. The molecule has 8 heteroatoms. The summed E-state index contributed by atoms with van der Waals surface area (Å²) in [6.45, 7) is -0.183. The maximum absolute atomic E-state index is 12.9. The van der Waals surface area contributed by atoms with E-state index in [2.05, 4.69) is 0 Å². The van der Waals surface area contributed by atoms with Gasteiger partial charge >= 0.3 is 17.9 Å². The topological polar surface area (TPSA) is 97.4 Å². The minimum atomic E-state index is -1.20. The molecule has 0 bridgehead atoms. The fourth-order valence-corrected chi connectivity index (χ4v) is 3.63. The fourth-order valence-electron chi connectivity index (χ4n) is 3.63. The maximum atomic E-state index is 12.9. The van der Waals surface area contributed by atoms with Crippen molar-refractivity contribution in [2.75, 3.05) is 13.7 Å². The first-order valence-corrected chi connectivity index (χ1v) is 11.0. The average Bonchev–Trinajstić information content (AvgIpc) is 2.91. The van der Waals surface area contributed by atoms with Gasteiger partial charge in [-0.3, -0.25) is 0 Å². The smallest absolute Gasteiger partial charge is 0.340 e. The first kappa shape index (κ1) is 24.1. The van der Waals surface area contributed by atoms with Gasteiger partial charge in [0.25, 0.3) is 0 Å². The Morgan fingerprint density at radius 3 is 1.51 bits per heavy atom. The zero-order valence-corrected chi connectivity index (χ0v) is 18.9. The molecule has 0 aliphatic carbocycles. The van der Waals surface area contributed by atoms with Crippen molar-refractivity contribution in [2.24, 2.45) is 0 Å². The lowest BCUT2D eigenvalue weighted by molar-refractivity contribution is -0.257. The number of carbonyl (C=O) groups excluding carboxylic acids is 3. The Morgan fingerprint density at radius 2 is 1.06 bits per heavy atom. The van der Waals surface area contributed by atoms with Crippen LogP contribution in [0.25, 0.3) is 0 Å². The summed E-state index contributed by atoms with van der Waals surface area (Å²) in [5, 5.41) is 0. The molecule has 0 spiro atoms. The molecule has 0 saturated carbocycles. The molecule has 0 amide bonds. The number of ether oxygens (including phenoxy) is 5. The molecule has 3 aromatic rings. The quantitative estimate of drug-likeness (QED) is 0.376. The van der Waals surface area contributed by atoms with Crippen LogP contribution in [0.3, 0.4) is 0 Å². The molecule has 1 saturated heterocycles. The van der Waals surface area contributed by atoms with Crippen LogP contribution in [-0.2, 0) is 23.7 Å². The Hall–Kier alpha value is -4.01. The monoisotopic (exact) mass is 476 g/mol. The molecule has 0 radical (unpaired) electrons. The number of methoxy groups -OCH3 is 1. The summed E-state index contributed by atoms with van der Waals surface area (Å²) in [6, 6.07) is 25.2. The molecular formula is C27H24O8. The zero-order valence-electron chi connectivity index (χ0n) is 18.9. The Bertz CT molecular complexity index is 1130. The Balaban J connectivity index is 1.56. The predicted molar refractivity (Wildman–Crippen MR) is 124 cm³/mol. The maximum Gasteiger partial charge on any atom is 0.340 e. The van der Waals surface area contributed by atoms with E-state index in [1.165, 1.54) is 7.11 Å². The van der Waals surface area contributed by atoms with Crippen LogP contribution in [0.2, 0.25) is 0 Å². The summed E-state index contributed by atoms with van der Waals surface area (Å²) in [7, 11) is 1.36. The summed E-state index contributed by atoms with van der Waals surface area (Å²) >= 11 is 0. The van der Waals surface area contributed by atoms with Gasteiger partial charge in [-0.2, -0.15) is 0 Å². The first-order chi connectivity index (χ1) is 17.1. The van der Waals surface area contributed by atoms with Crippen LogP contribution in [0.15, 0.2) is 91.0 Å². The van der Waals surface area contributed by atoms with Crippen molar-refractivity contribution in [3.63, 3.8) is 0 Å². The van der Waals surface area contributed by atoms with Crippen LogP contribution >= 0.6 is 0 Å². The fraction of sp³-hybridized carbons (Fsp3) is 0.222. The summed E-state index contributed by atoms with van der Waals surface area (Å²) < 4.78 is 28.1. The normalized spacial score (nSPS) is 21.5. The first-order valence-electron chi connectivity index (χ1n) is 11.0. The molecule has 4 atom stereocenters. The van der Waals surface area contributed by atoms with E-state index in [1.807, 2.05) is 0 Å². The molecule has 4 unspecified atom stereocenters. The Morgan fingerprint density at radius 1 is 0.629 bits per heavy atom. The van der Waals surface area contributed by atoms with Gasteiger partial charge in [0.05, 0.1) is 23.3 Å². The summed E-state index contributed by atoms with van der Waals surface area (Å²) in [5.74, 6) is -1.89. The van der Waals surface area contributed by atoms with Crippen molar-refractivity contribution in [2.45, 2.75) is 24.6 Å². The van der Waals surface area contributed by atoms with Crippen LogP contribution < -0.4 is 0 Å². The van der Waals surface area contributed by atoms with E-state index in [1.54, 1.807) is 91.0 Å². The van der Waals surface area contributed by atoms with Gasteiger partial charge in [-0.25, -0.2) is 14.4 Å². The average molecular weight is 476 g/mol. The van der Waals surface area contributed by atoms with E-state index in [0.29, 0.717) is 16.7 Å². The van der Waals surface area contributed by atoms with Crippen LogP contribution in [0.1, 0.15) is 31.1 Å². The van der Waals surface area contributed by atoms with Crippen molar-refractivity contribution in [3.8, 4) is 0 Å². The van der Waals surface area contributed by atoms with E-state index in [4.69, 9.17) is 23.7 Å². The number of esters is 3. The molecule has 1 aliphatic heterocycles. The van der Waals surface area contributed by atoms with Gasteiger partial charge in [0, 0.05) is 7.11 Å². The van der Waals surface area contributed by atoms with Crippen molar-refractivity contribution >= 4 is 17.9 Å². The van der Waals surface area contributed by atoms with Gasteiger partial charge in [-0.05, 0) is 36.4 Å². The van der Waals surface area contributed by atoms with Gasteiger partial charge in [-0.1, -0.05) is 54.6 Å². The molecule has 3 aromatic carbocycles. The highest BCUT2D eigenvalue weighted by Crippen LogP contribution is 2.26. The lowest BCUT2D eigenvalue weighted by Crippen LogP contribution is -2.58. The van der Waals surface area contributed by atoms with Gasteiger partial charge < -0.3 is 23.7 Å².